The van der Waals surface area contributed by atoms with Gasteiger partial charge in [-0.25, -0.2) is 0 Å². The van der Waals surface area contributed by atoms with Crippen LogP contribution in [0.15, 0.2) is 12.1 Å². The molecule has 0 saturated carbocycles. The summed E-state index contributed by atoms with van der Waals surface area (Å²) < 4.78 is 0. The van der Waals surface area contributed by atoms with Gasteiger partial charge in [0.15, 0.2) is 5.02 Å². The molecule has 8 heteroatoms. The Hall–Kier alpha value is -1.73. The summed E-state index contributed by atoms with van der Waals surface area (Å²) in [6.45, 7) is -0.529. The number of aliphatic hydroxyl groups excluding tert-OH is 1. The third-order valence-electron chi connectivity index (χ3n) is 1.67. The fraction of sp³-hybridized carbons (Fsp3) is 0.143. The summed E-state index contributed by atoms with van der Waals surface area (Å²) >= 11 is 5.46. The summed E-state index contributed by atoms with van der Waals surface area (Å²) in [5, 5.41) is 29.2. The zero-order chi connectivity index (χ0) is 11.6. The molecule has 7 nitrogen and oxygen atoms in total. The smallest absolute Gasteiger partial charge is 0.295 e. The summed E-state index contributed by atoms with van der Waals surface area (Å²) in [4.78, 5) is 19.3. The van der Waals surface area contributed by atoms with E-state index in [2.05, 4.69) is 0 Å². The average Bonchev–Trinajstić information content (AvgIpc) is 2.17. The van der Waals surface area contributed by atoms with Crippen molar-refractivity contribution in [3.05, 3.63) is 42.9 Å². The molecule has 0 saturated heterocycles. The molecular weight excluding hydrogens is 228 g/mol. The van der Waals surface area contributed by atoms with Gasteiger partial charge in [-0.1, -0.05) is 11.6 Å². The van der Waals surface area contributed by atoms with Crippen LogP contribution in [0.1, 0.15) is 5.56 Å². The van der Waals surface area contributed by atoms with Gasteiger partial charge >= 0.3 is 0 Å². The van der Waals surface area contributed by atoms with Crippen LogP contribution in [0.5, 0.6) is 0 Å². The first-order valence-electron chi connectivity index (χ1n) is 3.69. The summed E-state index contributed by atoms with van der Waals surface area (Å²) in [6.07, 6.45) is 0. The van der Waals surface area contributed by atoms with E-state index in [1.54, 1.807) is 0 Å². The summed E-state index contributed by atoms with van der Waals surface area (Å²) in [5.41, 5.74) is -1.11. The Morgan fingerprint density at radius 3 is 1.87 bits per heavy atom. The van der Waals surface area contributed by atoms with E-state index >= 15 is 0 Å². The van der Waals surface area contributed by atoms with Crippen molar-refractivity contribution in [2.75, 3.05) is 0 Å². The van der Waals surface area contributed by atoms with Crippen LogP contribution in [-0.2, 0) is 6.61 Å². The highest BCUT2D eigenvalue weighted by Gasteiger charge is 2.24. The second-order valence-corrected chi connectivity index (χ2v) is 3.00. The van der Waals surface area contributed by atoms with E-state index in [0.29, 0.717) is 0 Å². The third-order valence-corrected chi connectivity index (χ3v) is 2.06. The van der Waals surface area contributed by atoms with E-state index in [-0.39, 0.29) is 5.56 Å². The number of nitrogens with zero attached hydrogens (tertiary/aromatic N) is 2. The van der Waals surface area contributed by atoms with Crippen LogP contribution in [-0.4, -0.2) is 15.0 Å². The molecule has 0 aliphatic rings. The van der Waals surface area contributed by atoms with Gasteiger partial charge < -0.3 is 5.11 Å². The first-order chi connectivity index (χ1) is 6.97. The lowest BCUT2D eigenvalue weighted by Gasteiger charge is -2.00. The highest BCUT2D eigenvalue weighted by molar-refractivity contribution is 6.34. The number of nitro benzene ring substituents is 2. The van der Waals surface area contributed by atoms with Crippen molar-refractivity contribution in [3.63, 3.8) is 0 Å². The van der Waals surface area contributed by atoms with Crippen molar-refractivity contribution in [2.24, 2.45) is 0 Å². The molecule has 0 unspecified atom stereocenters. The number of halogens is 1. The van der Waals surface area contributed by atoms with Crippen molar-refractivity contribution in [1.29, 1.82) is 0 Å². The lowest BCUT2D eigenvalue weighted by Crippen LogP contribution is -1.97. The number of rotatable bonds is 3. The van der Waals surface area contributed by atoms with Crippen molar-refractivity contribution < 1.29 is 15.0 Å². The van der Waals surface area contributed by atoms with Crippen LogP contribution in [0.2, 0.25) is 5.02 Å². The Balaban J connectivity index is 3.47. The molecule has 1 aromatic carbocycles. The zero-order valence-electron chi connectivity index (χ0n) is 7.21. The molecule has 1 N–H and O–H groups in total. The van der Waals surface area contributed by atoms with E-state index in [1.165, 1.54) is 0 Å². The van der Waals surface area contributed by atoms with Gasteiger partial charge in [0.25, 0.3) is 11.4 Å². The number of benzene rings is 1. The van der Waals surface area contributed by atoms with Crippen molar-refractivity contribution in [3.8, 4) is 0 Å². The lowest BCUT2D eigenvalue weighted by molar-refractivity contribution is -0.394. The largest absolute Gasteiger partial charge is 0.392 e. The van der Waals surface area contributed by atoms with Crippen molar-refractivity contribution in [2.45, 2.75) is 6.61 Å². The van der Waals surface area contributed by atoms with Crippen molar-refractivity contribution >= 4 is 23.0 Å². The SMILES string of the molecule is O=[N+]([O-])c1cc(CO)cc([N+](=O)[O-])c1Cl. The first-order valence-corrected chi connectivity index (χ1v) is 4.07. The molecule has 0 amide bonds. The minimum absolute atomic E-state index is 0.0674. The molecule has 0 aliphatic heterocycles. The number of hydrogen-bond acceptors (Lipinski definition) is 5. The van der Waals surface area contributed by atoms with Crippen LogP contribution in [0.3, 0.4) is 0 Å². The molecule has 0 aromatic heterocycles. The standard InChI is InChI=1S/C7H5ClN2O5/c8-7-5(9(12)13)1-4(3-11)2-6(7)10(14)15/h1-2,11H,3H2. The molecule has 0 spiro atoms. The molecule has 0 fully saturated rings. The predicted octanol–water partition coefficient (Wildman–Crippen LogP) is 1.65. The highest BCUT2D eigenvalue weighted by Crippen LogP contribution is 2.34. The average molecular weight is 233 g/mol. The van der Waals surface area contributed by atoms with Gasteiger partial charge in [0, 0.05) is 12.1 Å². The zero-order valence-corrected chi connectivity index (χ0v) is 7.97. The maximum absolute atomic E-state index is 10.5. The van der Waals surface area contributed by atoms with Gasteiger partial charge in [-0.15, -0.1) is 0 Å². The number of nitro groups is 2. The quantitative estimate of drug-likeness (QED) is 0.630. The molecule has 1 rings (SSSR count). The molecule has 0 bridgehead atoms. The Morgan fingerprint density at radius 2 is 1.60 bits per heavy atom. The van der Waals surface area contributed by atoms with E-state index in [1.807, 2.05) is 0 Å². The van der Waals surface area contributed by atoms with E-state index in [4.69, 9.17) is 16.7 Å². The van der Waals surface area contributed by atoms with Gasteiger partial charge in [-0.05, 0) is 5.56 Å². The predicted molar refractivity (Wildman–Crippen MR) is 50.7 cm³/mol. The molecule has 0 heterocycles. The molecule has 15 heavy (non-hydrogen) atoms. The Kier molecular flexibility index (Phi) is 3.17. The summed E-state index contributed by atoms with van der Waals surface area (Å²) in [7, 11) is 0. The highest BCUT2D eigenvalue weighted by atomic mass is 35.5. The maximum Gasteiger partial charge on any atom is 0.295 e. The van der Waals surface area contributed by atoms with E-state index < -0.39 is 32.9 Å². The molecule has 0 radical (unpaired) electrons. The second kappa shape index (κ2) is 4.20. The molecular formula is C7H5ClN2O5. The molecule has 0 atom stereocenters. The monoisotopic (exact) mass is 232 g/mol. The minimum atomic E-state index is -0.839. The van der Waals surface area contributed by atoms with Crippen LogP contribution in [0.4, 0.5) is 11.4 Å². The summed E-state index contributed by atoms with van der Waals surface area (Å²) in [6, 6.07) is 1.99. The summed E-state index contributed by atoms with van der Waals surface area (Å²) in [5.74, 6) is 0. The fourth-order valence-corrected chi connectivity index (χ4v) is 1.25. The third kappa shape index (κ3) is 2.20. The van der Waals surface area contributed by atoms with Crippen LogP contribution >= 0.6 is 11.6 Å². The fourth-order valence-electron chi connectivity index (χ4n) is 1.01. The Bertz CT molecular complexity index is 398. The molecule has 80 valence electrons. The van der Waals surface area contributed by atoms with Gasteiger partial charge in [-0.2, -0.15) is 0 Å². The topological polar surface area (TPSA) is 107 Å². The van der Waals surface area contributed by atoms with Gasteiger partial charge in [-0.3, -0.25) is 20.2 Å². The van der Waals surface area contributed by atoms with Gasteiger partial charge in [0.1, 0.15) is 0 Å². The van der Waals surface area contributed by atoms with Gasteiger partial charge in [0.05, 0.1) is 16.5 Å². The molecule has 0 aliphatic carbocycles. The van der Waals surface area contributed by atoms with Crippen LogP contribution < -0.4 is 0 Å². The first kappa shape index (κ1) is 11.3. The van der Waals surface area contributed by atoms with E-state index in [9.17, 15) is 20.2 Å². The van der Waals surface area contributed by atoms with Gasteiger partial charge in [0.2, 0.25) is 0 Å². The normalized spacial score (nSPS) is 10.0. The molecule has 1 aromatic rings. The van der Waals surface area contributed by atoms with E-state index in [0.717, 1.165) is 12.1 Å². The minimum Gasteiger partial charge on any atom is -0.392 e. The van der Waals surface area contributed by atoms with Crippen LogP contribution in [0.25, 0.3) is 0 Å². The second-order valence-electron chi connectivity index (χ2n) is 2.62. The van der Waals surface area contributed by atoms with Crippen LogP contribution in [0, 0.1) is 20.2 Å². The lowest BCUT2D eigenvalue weighted by atomic mass is 10.2. The van der Waals surface area contributed by atoms with Crippen molar-refractivity contribution in [1.82, 2.24) is 0 Å². The number of hydrogen-bond donors (Lipinski definition) is 1. The Morgan fingerprint density at radius 1 is 1.20 bits per heavy atom. The Labute approximate surface area is 88.2 Å². The maximum atomic E-state index is 10.5. The number of aliphatic hydroxyl groups is 1.